The zero-order chi connectivity index (χ0) is 14.7. The van der Waals surface area contributed by atoms with E-state index in [1.54, 1.807) is 6.07 Å². The summed E-state index contributed by atoms with van der Waals surface area (Å²) < 4.78 is 0. The number of nitrogens with one attached hydrogen (secondary N) is 2. The highest BCUT2D eigenvalue weighted by atomic mass is 35.5. The molecule has 0 bridgehead atoms. The Hall–Kier alpha value is -0.840. The molecule has 0 aromatic carbocycles. The SMILES string of the molecule is C[C@H]1C[C@H](C)C[NH+](CC(=O)Nc2ncc(Cl)cc2Cl)C1. The smallest absolute Gasteiger partial charge is 0.280 e. The summed E-state index contributed by atoms with van der Waals surface area (Å²) in [7, 11) is 0. The van der Waals surface area contributed by atoms with Gasteiger partial charge in [-0.15, -0.1) is 0 Å². The van der Waals surface area contributed by atoms with E-state index in [2.05, 4.69) is 24.1 Å². The van der Waals surface area contributed by atoms with Crippen LogP contribution in [0.25, 0.3) is 0 Å². The quantitative estimate of drug-likeness (QED) is 0.894. The van der Waals surface area contributed by atoms with Crippen LogP contribution in [0.4, 0.5) is 5.82 Å². The van der Waals surface area contributed by atoms with Crippen LogP contribution in [0, 0.1) is 11.8 Å². The van der Waals surface area contributed by atoms with Crippen molar-refractivity contribution in [3.63, 3.8) is 0 Å². The lowest BCUT2D eigenvalue weighted by molar-refractivity contribution is -0.904. The van der Waals surface area contributed by atoms with Crippen molar-refractivity contribution in [2.75, 3.05) is 25.0 Å². The molecule has 2 rings (SSSR count). The van der Waals surface area contributed by atoms with Gasteiger partial charge in [-0.3, -0.25) is 4.79 Å². The lowest BCUT2D eigenvalue weighted by Gasteiger charge is -2.31. The van der Waals surface area contributed by atoms with E-state index in [-0.39, 0.29) is 5.91 Å². The summed E-state index contributed by atoms with van der Waals surface area (Å²) in [6.45, 7) is 7.02. The summed E-state index contributed by atoms with van der Waals surface area (Å²) in [5.41, 5.74) is 0. The summed E-state index contributed by atoms with van der Waals surface area (Å²) in [6, 6.07) is 1.57. The third kappa shape index (κ3) is 4.33. The van der Waals surface area contributed by atoms with Crippen molar-refractivity contribution < 1.29 is 9.69 Å². The summed E-state index contributed by atoms with van der Waals surface area (Å²) in [5.74, 6) is 1.65. The number of hydrogen-bond acceptors (Lipinski definition) is 2. The number of likely N-dealkylation sites (tertiary alicyclic amines) is 1. The highest BCUT2D eigenvalue weighted by molar-refractivity contribution is 6.36. The molecule has 0 spiro atoms. The normalized spacial score (nSPS) is 26.3. The van der Waals surface area contributed by atoms with Gasteiger partial charge >= 0.3 is 0 Å². The fourth-order valence-corrected chi connectivity index (χ4v) is 3.40. The molecule has 1 amide bonds. The summed E-state index contributed by atoms with van der Waals surface area (Å²) in [4.78, 5) is 17.4. The van der Waals surface area contributed by atoms with Crippen LogP contribution in [0.5, 0.6) is 0 Å². The Morgan fingerprint density at radius 2 is 2.05 bits per heavy atom. The van der Waals surface area contributed by atoms with E-state index in [1.165, 1.54) is 17.5 Å². The average Bonchev–Trinajstić information content (AvgIpc) is 2.31. The maximum atomic E-state index is 12.1. The van der Waals surface area contributed by atoms with Gasteiger partial charge in [0.1, 0.15) is 0 Å². The highest BCUT2D eigenvalue weighted by Gasteiger charge is 2.26. The second kappa shape index (κ2) is 6.74. The number of carbonyl (C=O) groups is 1. The Morgan fingerprint density at radius 3 is 2.65 bits per heavy atom. The lowest BCUT2D eigenvalue weighted by Crippen LogP contribution is -3.15. The number of hydrogen-bond donors (Lipinski definition) is 2. The van der Waals surface area contributed by atoms with Crippen molar-refractivity contribution in [2.45, 2.75) is 20.3 Å². The molecule has 0 aliphatic carbocycles. The van der Waals surface area contributed by atoms with E-state index >= 15 is 0 Å². The largest absolute Gasteiger partial charge is 0.327 e. The molecule has 0 saturated carbocycles. The molecule has 2 N–H and O–H groups in total. The standard InChI is InChI=1S/C14H19Cl2N3O/c1-9-3-10(2)7-19(6-9)8-13(20)18-14-12(16)4-11(15)5-17-14/h4-5,9-10H,3,6-8H2,1-2H3,(H,17,18,20)/p+1/t9-,10-/m0/s1. The molecule has 1 fully saturated rings. The van der Waals surface area contributed by atoms with Gasteiger partial charge in [-0.2, -0.15) is 0 Å². The third-order valence-corrected chi connectivity index (χ3v) is 4.05. The molecule has 4 nitrogen and oxygen atoms in total. The molecule has 0 radical (unpaired) electrons. The zero-order valence-electron chi connectivity index (χ0n) is 11.7. The van der Waals surface area contributed by atoms with Crippen LogP contribution in [0.15, 0.2) is 12.3 Å². The molecule has 1 aliphatic rings. The van der Waals surface area contributed by atoms with E-state index in [9.17, 15) is 4.79 Å². The maximum absolute atomic E-state index is 12.1. The van der Waals surface area contributed by atoms with Gasteiger partial charge in [0.05, 0.1) is 23.1 Å². The number of anilines is 1. The van der Waals surface area contributed by atoms with Crippen molar-refractivity contribution in [2.24, 2.45) is 11.8 Å². The predicted octanol–water partition coefficient (Wildman–Crippen LogP) is 1.89. The molecule has 1 aromatic rings. The maximum Gasteiger partial charge on any atom is 0.280 e. The van der Waals surface area contributed by atoms with Crippen LogP contribution in [-0.4, -0.2) is 30.5 Å². The van der Waals surface area contributed by atoms with Gasteiger partial charge in [0, 0.05) is 18.0 Å². The van der Waals surface area contributed by atoms with Gasteiger partial charge < -0.3 is 10.2 Å². The highest BCUT2D eigenvalue weighted by Crippen LogP contribution is 2.22. The van der Waals surface area contributed by atoms with Gasteiger partial charge in [-0.25, -0.2) is 4.98 Å². The van der Waals surface area contributed by atoms with E-state index < -0.39 is 0 Å². The van der Waals surface area contributed by atoms with Gasteiger partial charge in [-0.05, 0) is 12.5 Å². The number of aromatic nitrogens is 1. The first-order chi connectivity index (χ1) is 9.44. The first-order valence-electron chi connectivity index (χ1n) is 6.88. The number of halogens is 2. The Balaban J connectivity index is 1.92. The molecule has 110 valence electrons. The van der Waals surface area contributed by atoms with Crippen molar-refractivity contribution in [1.82, 2.24) is 4.98 Å². The van der Waals surface area contributed by atoms with Crippen LogP contribution in [0.2, 0.25) is 10.0 Å². The molecule has 20 heavy (non-hydrogen) atoms. The minimum absolute atomic E-state index is 0.0574. The average molecular weight is 317 g/mol. The molecular formula is C14H20Cl2N3O+. The molecule has 2 heterocycles. The third-order valence-electron chi connectivity index (χ3n) is 3.56. The topological polar surface area (TPSA) is 46.4 Å². The second-order valence-corrected chi connectivity index (χ2v) is 6.66. The molecule has 0 unspecified atom stereocenters. The van der Waals surface area contributed by atoms with E-state index in [0.29, 0.717) is 34.2 Å². The number of nitrogens with zero attached hydrogens (tertiary/aromatic N) is 1. The molecule has 1 aromatic heterocycles. The molecule has 1 saturated heterocycles. The van der Waals surface area contributed by atoms with Crippen LogP contribution in [0.3, 0.4) is 0 Å². The van der Waals surface area contributed by atoms with Crippen molar-refractivity contribution in [3.8, 4) is 0 Å². The number of amides is 1. The lowest BCUT2D eigenvalue weighted by atomic mass is 9.92. The Morgan fingerprint density at radius 1 is 1.40 bits per heavy atom. The number of piperidine rings is 1. The van der Waals surface area contributed by atoms with Gasteiger partial charge in [0.15, 0.2) is 12.4 Å². The minimum atomic E-state index is -0.0574. The molecular weight excluding hydrogens is 297 g/mol. The van der Waals surface area contributed by atoms with E-state index in [4.69, 9.17) is 23.2 Å². The fourth-order valence-electron chi connectivity index (χ4n) is 2.98. The Labute approximate surface area is 129 Å². The predicted molar refractivity (Wildman–Crippen MR) is 81.4 cm³/mol. The van der Waals surface area contributed by atoms with E-state index in [1.807, 2.05) is 0 Å². The fraction of sp³-hybridized carbons (Fsp3) is 0.571. The summed E-state index contributed by atoms with van der Waals surface area (Å²) in [6.07, 6.45) is 2.72. The summed E-state index contributed by atoms with van der Waals surface area (Å²) in [5, 5.41) is 3.57. The van der Waals surface area contributed by atoms with Crippen LogP contribution < -0.4 is 10.2 Å². The van der Waals surface area contributed by atoms with Crippen LogP contribution in [0.1, 0.15) is 20.3 Å². The van der Waals surface area contributed by atoms with Crippen LogP contribution in [-0.2, 0) is 4.79 Å². The van der Waals surface area contributed by atoms with Crippen molar-refractivity contribution in [3.05, 3.63) is 22.3 Å². The van der Waals surface area contributed by atoms with Gasteiger partial charge in [0.25, 0.3) is 5.91 Å². The van der Waals surface area contributed by atoms with Crippen LogP contribution >= 0.6 is 23.2 Å². The zero-order valence-corrected chi connectivity index (χ0v) is 13.3. The molecule has 6 heteroatoms. The molecule has 1 aliphatic heterocycles. The van der Waals surface area contributed by atoms with E-state index in [0.717, 1.165) is 13.1 Å². The van der Waals surface area contributed by atoms with Gasteiger partial charge in [0.2, 0.25) is 0 Å². The Kier molecular flexibility index (Phi) is 5.24. The minimum Gasteiger partial charge on any atom is -0.327 e. The number of carbonyl (C=O) groups excluding carboxylic acids is 1. The van der Waals surface area contributed by atoms with Crippen molar-refractivity contribution in [1.29, 1.82) is 0 Å². The number of pyridine rings is 1. The number of rotatable bonds is 3. The number of quaternary nitrogens is 1. The monoisotopic (exact) mass is 316 g/mol. The first kappa shape index (κ1) is 15.5. The second-order valence-electron chi connectivity index (χ2n) is 5.81. The van der Waals surface area contributed by atoms with Gasteiger partial charge in [-0.1, -0.05) is 37.0 Å². The summed E-state index contributed by atoms with van der Waals surface area (Å²) >= 11 is 11.8. The molecule has 2 atom stereocenters. The first-order valence-corrected chi connectivity index (χ1v) is 7.64. The van der Waals surface area contributed by atoms with Crippen molar-refractivity contribution >= 4 is 34.9 Å². The Bertz CT molecular complexity index is 485.